The van der Waals surface area contributed by atoms with Crippen LogP contribution in [0.2, 0.25) is 0 Å². The second-order valence-corrected chi connectivity index (χ2v) is 8.68. The summed E-state index contributed by atoms with van der Waals surface area (Å²) in [5, 5.41) is 35.4. The lowest BCUT2D eigenvalue weighted by Crippen LogP contribution is -2.01. The highest BCUT2D eigenvalue weighted by Crippen LogP contribution is 2.46. The highest BCUT2D eigenvalue weighted by molar-refractivity contribution is 7.19. The summed E-state index contributed by atoms with van der Waals surface area (Å²) < 4.78 is 12.1. The van der Waals surface area contributed by atoms with Crippen LogP contribution in [0.5, 0.6) is 0 Å². The molecule has 0 radical (unpaired) electrons. The lowest BCUT2D eigenvalue weighted by atomic mass is 9.91. The van der Waals surface area contributed by atoms with E-state index in [9.17, 15) is 0 Å². The predicted octanol–water partition coefficient (Wildman–Crippen LogP) is 7.12. The van der Waals surface area contributed by atoms with Crippen LogP contribution in [-0.2, 0) is 12.8 Å². The molecule has 0 amide bonds. The zero-order valence-electron chi connectivity index (χ0n) is 18.6. The second kappa shape index (κ2) is 10.9. The summed E-state index contributed by atoms with van der Waals surface area (Å²) in [4.78, 5) is 2.17. The minimum absolute atomic E-state index is 0.0317. The van der Waals surface area contributed by atoms with Gasteiger partial charge in [0.15, 0.2) is 0 Å². The summed E-state index contributed by atoms with van der Waals surface area (Å²) in [6, 6.07) is 14.9. The van der Waals surface area contributed by atoms with Crippen molar-refractivity contribution in [2.24, 2.45) is 0 Å². The van der Waals surface area contributed by atoms with Gasteiger partial charge < -0.3 is 8.83 Å². The standard InChI is InChI=1S/C28H18N4O2S/c29-15-19(16-30)5-3-7-21-11-13-25(33-21)27-23-9-1-2-10-24(23)28(35-27)26-14-12-22(34-26)8-4-6-20(17-31)18-32/h3-8,11-14H,1-2,9-10H2/b7-3+,8-4+. The third-order valence-electron chi connectivity index (χ3n) is 5.45. The number of nitriles is 4. The maximum atomic E-state index is 8.84. The molecule has 3 heterocycles. The van der Waals surface area contributed by atoms with E-state index in [0.717, 1.165) is 47.0 Å². The van der Waals surface area contributed by atoms with Crippen LogP contribution in [-0.4, -0.2) is 0 Å². The van der Waals surface area contributed by atoms with Gasteiger partial charge in [-0.2, -0.15) is 21.0 Å². The lowest BCUT2D eigenvalue weighted by molar-refractivity contribution is 0.570. The number of allylic oxidation sites excluding steroid dienone is 6. The zero-order valence-corrected chi connectivity index (χ0v) is 19.4. The van der Waals surface area contributed by atoms with Gasteiger partial charge in [0.25, 0.3) is 0 Å². The molecule has 7 heteroatoms. The van der Waals surface area contributed by atoms with E-state index in [4.69, 9.17) is 29.9 Å². The highest BCUT2D eigenvalue weighted by atomic mass is 32.1. The average molecular weight is 475 g/mol. The topological polar surface area (TPSA) is 121 Å². The van der Waals surface area contributed by atoms with Crippen LogP contribution >= 0.6 is 11.3 Å². The molecule has 0 unspecified atom stereocenters. The Hall–Kier alpha value is -4.82. The van der Waals surface area contributed by atoms with Crippen LogP contribution in [0.25, 0.3) is 33.4 Å². The maximum absolute atomic E-state index is 8.84. The largest absolute Gasteiger partial charge is 0.456 e. The molecule has 3 aromatic heterocycles. The van der Waals surface area contributed by atoms with Gasteiger partial charge in [0.2, 0.25) is 0 Å². The average Bonchev–Trinajstić information content (AvgIpc) is 3.63. The summed E-state index contributed by atoms with van der Waals surface area (Å²) in [6.45, 7) is 0. The van der Waals surface area contributed by atoms with E-state index in [1.54, 1.807) is 35.6 Å². The first-order chi connectivity index (χ1) is 17.2. The molecule has 1 aliphatic rings. The molecule has 0 spiro atoms. The minimum atomic E-state index is 0.0317. The first-order valence-electron chi connectivity index (χ1n) is 10.9. The van der Waals surface area contributed by atoms with Crippen LogP contribution in [0.3, 0.4) is 0 Å². The number of hydrogen-bond donors (Lipinski definition) is 0. The molecule has 0 saturated carbocycles. The van der Waals surface area contributed by atoms with Crippen molar-refractivity contribution in [1.82, 2.24) is 0 Å². The molecule has 35 heavy (non-hydrogen) atoms. The fourth-order valence-corrected chi connectivity index (χ4v) is 5.16. The number of fused-ring (bicyclic) bond motifs is 1. The number of rotatable bonds is 6. The van der Waals surface area contributed by atoms with E-state index in [-0.39, 0.29) is 11.1 Å². The predicted molar refractivity (Wildman–Crippen MR) is 133 cm³/mol. The quantitative estimate of drug-likeness (QED) is 0.277. The van der Waals surface area contributed by atoms with Gasteiger partial charge in [0, 0.05) is 0 Å². The molecule has 0 aromatic carbocycles. The molecular weight excluding hydrogens is 456 g/mol. The Balaban J connectivity index is 1.63. The molecule has 0 atom stereocenters. The molecule has 6 nitrogen and oxygen atoms in total. The van der Waals surface area contributed by atoms with Crippen molar-refractivity contribution in [1.29, 1.82) is 21.0 Å². The Labute approximate surface area is 206 Å². The summed E-state index contributed by atoms with van der Waals surface area (Å²) in [5.41, 5.74) is 2.65. The monoisotopic (exact) mass is 474 g/mol. The molecule has 3 aromatic rings. The Morgan fingerprint density at radius 3 is 1.51 bits per heavy atom. The first kappa shape index (κ1) is 23.3. The van der Waals surface area contributed by atoms with Crippen LogP contribution in [0.4, 0.5) is 0 Å². The highest BCUT2D eigenvalue weighted by Gasteiger charge is 2.25. The van der Waals surface area contributed by atoms with E-state index in [2.05, 4.69) is 0 Å². The molecule has 0 aliphatic heterocycles. The summed E-state index contributed by atoms with van der Waals surface area (Å²) in [6.07, 6.45) is 13.8. The van der Waals surface area contributed by atoms with Gasteiger partial charge in [-0.3, -0.25) is 0 Å². The van der Waals surface area contributed by atoms with Gasteiger partial charge in [0.05, 0.1) is 9.75 Å². The number of furan rings is 2. The van der Waals surface area contributed by atoms with Crippen LogP contribution in [0, 0.1) is 45.3 Å². The van der Waals surface area contributed by atoms with Gasteiger partial charge in [-0.05, 0) is 85.4 Å². The van der Waals surface area contributed by atoms with Gasteiger partial charge in [-0.15, -0.1) is 11.3 Å². The lowest BCUT2D eigenvalue weighted by Gasteiger charge is -2.13. The van der Waals surface area contributed by atoms with E-state index in [1.807, 2.05) is 48.5 Å². The fourth-order valence-electron chi connectivity index (χ4n) is 3.84. The normalized spacial score (nSPS) is 12.3. The molecular formula is C28H18N4O2S. The molecule has 4 rings (SSSR count). The Morgan fingerprint density at radius 1 is 0.686 bits per heavy atom. The Morgan fingerprint density at radius 2 is 1.11 bits per heavy atom. The van der Waals surface area contributed by atoms with Crippen molar-refractivity contribution >= 4 is 23.5 Å². The van der Waals surface area contributed by atoms with Gasteiger partial charge in [0.1, 0.15) is 58.5 Å². The van der Waals surface area contributed by atoms with Crippen LogP contribution < -0.4 is 0 Å². The fraction of sp³-hybridized carbons (Fsp3) is 0.143. The van der Waals surface area contributed by atoms with Crippen LogP contribution in [0.1, 0.15) is 35.5 Å². The summed E-state index contributed by atoms with van der Waals surface area (Å²) in [5.74, 6) is 2.83. The molecule has 168 valence electrons. The molecule has 0 bridgehead atoms. The van der Waals surface area contributed by atoms with Crippen molar-refractivity contribution in [3.05, 3.63) is 82.4 Å². The van der Waals surface area contributed by atoms with E-state index < -0.39 is 0 Å². The Kier molecular flexibility index (Phi) is 7.25. The van der Waals surface area contributed by atoms with E-state index in [1.165, 1.54) is 23.3 Å². The third kappa shape index (κ3) is 5.23. The number of hydrogen-bond acceptors (Lipinski definition) is 7. The third-order valence-corrected chi connectivity index (χ3v) is 6.75. The molecule has 0 N–H and O–H groups in total. The van der Waals surface area contributed by atoms with Crippen molar-refractivity contribution in [3.63, 3.8) is 0 Å². The molecule has 1 aliphatic carbocycles. The van der Waals surface area contributed by atoms with Crippen molar-refractivity contribution in [2.45, 2.75) is 25.7 Å². The Bertz CT molecular complexity index is 1400. The number of thiophene rings is 1. The van der Waals surface area contributed by atoms with Crippen molar-refractivity contribution in [3.8, 4) is 45.6 Å². The van der Waals surface area contributed by atoms with Crippen molar-refractivity contribution in [2.75, 3.05) is 0 Å². The SMILES string of the molecule is N#CC(C#N)=C/C=C/c1ccc(-c2sc(-c3ccc(/C=C/C=C(C#N)C#N)o3)c3c2CCCC3)o1. The van der Waals surface area contributed by atoms with Crippen LogP contribution in [0.15, 0.2) is 68.6 Å². The smallest absolute Gasteiger partial charge is 0.145 e. The van der Waals surface area contributed by atoms with Gasteiger partial charge in [-0.25, -0.2) is 0 Å². The van der Waals surface area contributed by atoms with E-state index >= 15 is 0 Å². The first-order valence-corrected chi connectivity index (χ1v) is 11.7. The van der Waals surface area contributed by atoms with Gasteiger partial charge in [-0.1, -0.05) is 12.2 Å². The molecule has 0 fully saturated rings. The number of nitrogens with zero attached hydrogens (tertiary/aromatic N) is 4. The van der Waals surface area contributed by atoms with Crippen molar-refractivity contribution < 1.29 is 8.83 Å². The van der Waals surface area contributed by atoms with E-state index in [0.29, 0.717) is 11.5 Å². The van der Waals surface area contributed by atoms with Gasteiger partial charge >= 0.3 is 0 Å². The summed E-state index contributed by atoms with van der Waals surface area (Å²) in [7, 11) is 0. The zero-order chi connectivity index (χ0) is 24.6. The minimum Gasteiger partial charge on any atom is -0.456 e. The molecule has 0 saturated heterocycles. The maximum Gasteiger partial charge on any atom is 0.145 e. The second-order valence-electron chi connectivity index (χ2n) is 7.65. The summed E-state index contributed by atoms with van der Waals surface area (Å²) >= 11 is 1.65.